The number of nitrogens with one attached hydrogen (secondary N) is 1. The standard InChI is InChI=1S/C18H26N2/c1-3-20(15-8-4-7-14-19-2)18-13-9-11-16-10-5-6-12-17(16)18/h5-6,9-13,19H,3-4,7-8,14-15H2,1-2H3. The van der Waals surface area contributed by atoms with Gasteiger partial charge in [0.15, 0.2) is 0 Å². The number of rotatable bonds is 8. The average Bonchev–Trinajstić information content (AvgIpc) is 2.51. The third kappa shape index (κ3) is 3.73. The number of anilines is 1. The van der Waals surface area contributed by atoms with Crippen LogP contribution in [0, 0.1) is 0 Å². The number of hydrogen-bond donors (Lipinski definition) is 1. The van der Waals surface area contributed by atoms with Gasteiger partial charge in [-0.25, -0.2) is 0 Å². The predicted octanol–water partition coefficient (Wildman–Crippen LogP) is 4.06. The van der Waals surface area contributed by atoms with Crippen molar-refractivity contribution in [3.63, 3.8) is 0 Å². The minimum Gasteiger partial charge on any atom is -0.371 e. The van der Waals surface area contributed by atoms with Gasteiger partial charge in [0.1, 0.15) is 0 Å². The first-order valence-electron chi connectivity index (χ1n) is 7.74. The van der Waals surface area contributed by atoms with E-state index in [1.165, 1.54) is 35.7 Å². The molecule has 2 aromatic carbocycles. The second-order valence-electron chi connectivity index (χ2n) is 5.24. The smallest absolute Gasteiger partial charge is 0.0445 e. The molecule has 20 heavy (non-hydrogen) atoms. The zero-order chi connectivity index (χ0) is 14.2. The first kappa shape index (κ1) is 14.9. The fraction of sp³-hybridized carbons (Fsp3) is 0.444. The van der Waals surface area contributed by atoms with Gasteiger partial charge in [0.25, 0.3) is 0 Å². The lowest BCUT2D eigenvalue weighted by Crippen LogP contribution is -2.24. The molecule has 0 bridgehead atoms. The van der Waals surface area contributed by atoms with Crippen molar-refractivity contribution in [1.82, 2.24) is 5.32 Å². The van der Waals surface area contributed by atoms with Crippen LogP contribution in [0.15, 0.2) is 42.5 Å². The summed E-state index contributed by atoms with van der Waals surface area (Å²) in [6.45, 7) is 5.59. The highest BCUT2D eigenvalue weighted by molar-refractivity contribution is 5.94. The van der Waals surface area contributed by atoms with Crippen molar-refractivity contribution in [3.8, 4) is 0 Å². The summed E-state index contributed by atoms with van der Waals surface area (Å²) in [7, 11) is 2.02. The lowest BCUT2D eigenvalue weighted by Gasteiger charge is -2.24. The van der Waals surface area contributed by atoms with E-state index in [2.05, 4.69) is 59.6 Å². The highest BCUT2D eigenvalue weighted by Crippen LogP contribution is 2.26. The van der Waals surface area contributed by atoms with Crippen molar-refractivity contribution in [2.75, 3.05) is 31.6 Å². The minimum absolute atomic E-state index is 1.07. The molecule has 0 fully saturated rings. The van der Waals surface area contributed by atoms with Crippen LogP contribution in [0.5, 0.6) is 0 Å². The first-order chi connectivity index (χ1) is 9.86. The van der Waals surface area contributed by atoms with E-state index in [0.29, 0.717) is 0 Å². The zero-order valence-electron chi connectivity index (χ0n) is 12.7. The number of benzene rings is 2. The van der Waals surface area contributed by atoms with E-state index < -0.39 is 0 Å². The van der Waals surface area contributed by atoms with Crippen molar-refractivity contribution in [3.05, 3.63) is 42.5 Å². The van der Waals surface area contributed by atoms with Crippen LogP contribution in [0.1, 0.15) is 26.2 Å². The van der Waals surface area contributed by atoms with Gasteiger partial charge in [0.05, 0.1) is 0 Å². The summed E-state index contributed by atoms with van der Waals surface area (Å²) in [5.41, 5.74) is 1.37. The summed E-state index contributed by atoms with van der Waals surface area (Å²) in [5.74, 6) is 0. The quantitative estimate of drug-likeness (QED) is 0.728. The Morgan fingerprint density at radius 3 is 2.55 bits per heavy atom. The molecule has 2 rings (SSSR count). The molecule has 1 N–H and O–H groups in total. The molecule has 0 spiro atoms. The second-order valence-corrected chi connectivity index (χ2v) is 5.24. The van der Waals surface area contributed by atoms with E-state index in [9.17, 15) is 0 Å². The van der Waals surface area contributed by atoms with E-state index >= 15 is 0 Å². The molecule has 0 unspecified atom stereocenters. The maximum Gasteiger partial charge on any atom is 0.0445 e. The predicted molar refractivity (Wildman–Crippen MR) is 89.6 cm³/mol. The Bertz CT molecular complexity index is 516. The molecular weight excluding hydrogens is 244 g/mol. The fourth-order valence-corrected chi connectivity index (χ4v) is 2.71. The Morgan fingerprint density at radius 2 is 1.75 bits per heavy atom. The first-order valence-corrected chi connectivity index (χ1v) is 7.74. The van der Waals surface area contributed by atoms with Crippen LogP contribution < -0.4 is 10.2 Å². The molecule has 0 saturated heterocycles. The molecule has 0 aliphatic heterocycles. The van der Waals surface area contributed by atoms with Gasteiger partial charge in [0.2, 0.25) is 0 Å². The summed E-state index contributed by atoms with van der Waals surface area (Å²) in [4.78, 5) is 2.50. The number of hydrogen-bond acceptors (Lipinski definition) is 2. The van der Waals surface area contributed by atoms with Crippen LogP contribution in [0.2, 0.25) is 0 Å². The van der Waals surface area contributed by atoms with Crippen LogP contribution in [-0.2, 0) is 0 Å². The molecule has 0 aliphatic carbocycles. The van der Waals surface area contributed by atoms with Crippen LogP contribution in [-0.4, -0.2) is 26.7 Å². The Balaban J connectivity index is 2.05. The Kier molecular flexibility index (Phi) is 5.87. The number of unbranched alkanes of at least 4 members (excludes halogenated alkanes) is 2. The van der Waals surface area contributed by atoms with Crippen LogP contribution in [0.3, 0.4) is 0 Å². The summed E-state index contributed by atoms with van der Waals surface area (Å²) < 4.78 is 0. The van der Waals surface area contributed by atoms with Gasteiger partial charge < -0.3 is 10.2 Å². The summed E-state index contributed by atoms with van der Waals surface area (Å²) in [6.07, 6.45) is 3.82. The lowest BCUT2D eigenvalue weighted by atomic mass is 10.1. The van der Waals surface area contributed by atoms with E-state index in [-0.39, 0.29) is 0 Å². The molecule has 108 valence electrons. The van der Waals surface area contributed by atoms with Crippen molar-refractivity contribution < 1.29 is 0 Å². The van der Waals surface area contributed by atoms with Crippen molar-refractivity contribution in [2.24, 2.45) is 0 Å². The van der Waals surface area contributed by atoms with Crippen molar-refractivity contribution in [1.29, 1.82) is 0 Å². The molecule has 0 amide bonds. The number of nitrogens with zero attached hydrogens (tertiary/aromatic N) is 1. The highest BCUT2D eigenvalue weighted by atomic mass is 15.1. The van der Waals surface area contributed by atoms with Crippen LogP contribution >= 0.6 is 0 Å². The Morgan fingerprint density at radius 1 is 0.950 bits per heavy atom. The second kappa shape index (κ2) is 7.91. The topological polar surface area (TPSA) is 15.3 Å². The molecule has 0 saturated carbocycles. The maximum absolute atomic E-state index is 3.21. The van der Waals surface area contributed by atoms with E-state index in [0.717, 1.165) is 19.6 Å². The van der Waals surface area contributed by atoms with Gasteiger partial charge in [0, 0.05) is 24.2 Å². The van der Waals surface area contributed by atoms with E-state index in [1.54, 1.807) is 0 Å². The molecule has 2 heteroatoms. The summed E-state index contributed by atoms with van der Waals surface area (Å²) >= 11 is 0. The zero-order valence-corrected chi connectivity index (χ0v) is 12.7. The molecule has 2 aromatic rings. The molecule has 0 heterocycles. The van der Waals surface area contributed by atoms with Crippen LogP contribution in [0.4, 0.5) is 5.69 Å². The average molecular weight is 270 g/mol. The van der Waals surface area contributed by atoms with Gasteiger partial charge in [-0.05, 0) is 44.8 Å². The third-order valence-corrected chi connectivity index (χ3v) is 3.84. The summed E-state index contributed by atoms with van der Waals surface area (Å²) in [6, 6.07) is 15.3. The third-order valence-electron chi connectivity index (χ3n) is 3.84. The fourth-order valence-electron chi connectivity index (χ4n) is 2.71. The Labute approximate surface area is 122 Å². The highest BCUT2D eigenvalue weighted by Gasteiger charge is 2.07. The molecular formula is C18H26N2. The van der Waals surface area contributed by atoms with Crippen molar-refractivity contribution >= 4 is 16.5 Å². The van der Waals surface area contributed by atoms with Gasteiger partial charge in [-0.3, -0.25) is 0 Å². The van der Waals surface area contributed by atoms with Gasteiger partial charge in [-0.15, -0.1) is 0 Å². The monoisotopic (exact) mass is 270 g/mol. The maximum atomic E-state index is 3.21. The minimum atomic E-state index is 1.07. The largest absolute Gasteiger partial charge is 0.371 e. The molecule has 2 nitrogen and oxygen atoms in total. The van der Waals surface area contributed by atoms with E-state index in [4.69, 9.17) is 0 Å². The van der Waals surface area contributed by atoms with Gasteiger partial charge >= 0.3 is 0 Å². The SMILES string of the molecule is CCN(CCCCCNC)c1cccc2ccccc12. The summed E-state index contributed by atoms with van der Waals surface area (Å²) in [5, 5.41) is 5.91. The normalized spacial score (nSPS) is 10.9. The molecule has 0 atom stereocenters. The molecule has 0 aliphatic rings. The van der Waals surface area contributed by atoms with Gasteiger partial charge in [-0.2, -0.15) is 0 Å². The Hall–Kier alpha value is -1.54. The number of fused-ring (bicyclic) bond motifs is 1. The van der Waals surface area contributed by atoms with Gasteiger partial charge in [-0.1, -0.05) is 42.8 Å². The molecule has 0 radical (unpaired) electrons. The van der Waals surface area contributed by atoms with Crippen molar-refractivity contribution in [2.45, 2.75) is 26.2 Å². The van der Waals surface area contributed by atoms with Crippen LogP contribution in [0.25, 0.3) is 10.8 Å². The lowest BCUT2D eigenvalue weighted by molar-refractivity contribution is 0.631. The molecule has 0 aromatic heterocycles. The van der Waals surface area contributed by atoms with E-state index in [1.807, 2.05) is 7.05 Å².